The first-order valence-electron chi connectivity index (χ1n) is 12.0. The Morgan fingerprint density at radius 3 is 2.67 bits per heavy atom. The summed E-state index contributed by atoms with van der Waals surface area (Å²) in [6.45, 7) is 0.536. The molecule has 1 aliphatic carbocycles. The number of hydrazine groups is 1. The molecular formula is C25H28N4O6S. The maximum Gasteiger partial charge on any atom is 0.296 e. The number of fused-ring (bicyclic) bond motifs is 2. The number of carbonyl (C=O) groups excluding carboxylic acids is 2. The number of hydrogen-bond donors (Lipinski definition) is 1. The number of hydrogen-bond acceptors (Lipinski definition) is 7. The summed E-state index contributed by atoms with van der Waals surface area (Å²) >= 11 is 0. The Hall–Kier alpha value is -3.15. The Balaban J connectivity index is 1.71. The summed E-state index contributed by atoms with van der Waals surface area (Å²) in [7, 11) is -3.76. The van der Waals surface area contributed by atoms with Crippen molar-refractivity contribution >= 4 is 21.8 Å². The maximum atomic E-state index is 14.1. The summed E-state index contributed by atoms with van der Waals surface area (Å²) in [5.41, 5.74) is 2.34. The van der Waals surface area contributed by atoms with Crippen LogP contribution in [0.3, 0.4) is 0 Å². The van der Waals surface area contributed by atoms with Crippen LogP contribution in [-0.4, -0.2) is 54.5 Å². The van der Waals surface area contributed by atoms with Crippen LogP contribution < -0.4 is 10.6 Å². The molecule has 1 saturated carbocycles. The Bertz CT molecular complexity index is 1330. The molecule has 36 heavy (non-hydrogen) atoms. The topological polar surface area (TPSA) is 139 Å². The van der Waals surface area contributed by atoms with E-state index in [2.05, 4.69) is 5.18 Å². The predicted octanol–water partition coefficient (Wildman–Crippen LogP) is 2.64. The molecule has 11 heteroatoms. The van der Waals surface area contributed by atoms with Crippen LogP contribution in [0.1, 0.15) is 64.7 Å². The van der Waals surface area contributed by atoms with Crippen molar-refractivity contribution in [2.24, 2.45) is 11.0 Å². The van der Waals surface area contributed by atoms with Gasteiger partial charge in [-0.25, -0.2) is 8.42 Å². The van der Waals surface area contributed by atoms with E-state index < -0.39 is 40.0 Å². The minimum absolute atomic E-state index is 0.299. The molecule has 2 aromatic carbocycles. The fraction of sp³-hybridized carbons (Fsp3) is 0.440. The monoisotopic (exact) mass is 512 g/mol. The number of sulfonamides is 1. The summed E-state index contributed by atoms with van der Waals surface area (Å²) < 4.78 is 31.3. The molecule has 0 bridgehead atoms. The summed E-state index contributed by atoms with van der Waals surface area (Å²) in [6, 6.07) is 10.1. The molecule has 2 N–H and O–H groups in total. The number of carbonyl (C=O) groups is 2. The molecule has 5 rings (SSSR count). The van der Waals surface area contributed by atoms with Crippen molar-refractivity contribution in [1.82, 2.24) is 9.31 Å². The van der Waals surface area contributed by atoms with E-state index >= 15 is 0 Å². The summed E-state index contributed by atoms with van der Waals surface area (Å²) in [6.07, 6.45) is 4.20. The van der Waals surface area contributed by atoms with Crippen molar-refractivity contribution in [3.05, 3.63) is 69.6 Å². The van der Waals surface area contributed by atoms with Gasteiger partial charge < -0.3 is 9.64 Å². The Kier molecular flexibility index (Phi) is 6.39. The smallest absolute Gasteiger partial charge is 0.296 e. The minimum Gasteiger partial charge on any atom is -0.493 e. The second-order valence-corrected chi connectivity index (χ2v) is 11.5. The van der Waals surface area contributed by atoms with Crippen molar-refractivity contribution in [3.63, 3.8) is 0 Å². The van der Waals surface area contributed by atoms with Gasteiger partial charge in [0.1, 0.15) is 5.75 Å². The fourth-order valence-corrected chi connectivity index (χ4v) is 6.68. The highest BCUT2D eigenvalue weighted by molar-refractivity contribution is 7.88. The molecule has 2 amide bonds. The normalized spacial score (nSPS) is 25.8. The third kappa shape index (κ3) is 4.10. The van der Waals surface area contributed by atoms with Crippen LogP contribution in [0, 0.1) is 4.91 Å². The molecule has 0 aromatic heterocycles. The first-order valence-corrected chi connectivity index (χ1v) is 13.9. The van der Waals surface area contributed by atoms with Crippen LogP contribution >= 0.6 is 0 Å². The number of nitrogens with zero attached hydrogens (tertiary/aromatic N) is 3. The molecule has 10 nitrogen and oxygen atoms in total. The molecule has 1 fully saturated rings. The van der Waals surface area contributed by atoms with Gasteiger partial charge in [-0.05, 0) is 47.7 Å². The van der Waals surface area contributed by atoms with E-state index in [1.165, 1.54) is 0 Å². The van der Waals surface area contributed by atoms with Gasteiger partial charge >= 0.3 is 0 Å². The van der Waals surface area contributed by atoms with Crippen LogP contribution in [0.2, 0.25) is 0 Å². The Morgan fingerprint density at radius 2 is 1.92 bits per heavy atom. The van der Waals surface area contributed by atoms with Crippen molar-refractivity contribution in [2.45, 2.75) is 56.1 Å². The summed E-state index contributed by atoms with van der Waals surface area (Å²) in [5.74, 6) is 4.58. The fourth-order valence-electron chi connectivity index (χ4n) is 5.94. The Morgan fingerprint density at radius 1 is 1.17 bits per heavy atom. The number of amides is 2. The maximum absolute atomic E-state index is 14.1. The number of benzene rings is 2. The molecule has 2 aliphatic heterocycles. The molecule has 2 aromatic rings. The van der Waals surface area contributed by atoms with Crippen molar-refractivity contribution in [3.8, 4) is 5.75 Å². The number of ether oxygens (including phenoxy) is 1. The van der Waals surface area contributed by atoms with Crippen molar-refractivity contribution in [1.29, 1.82) is 0 Å². The SMILES string of the molecule is CS(=O)(=O)N(N)C1CCCCC1N1C(=O)c2ccccc2C(C(=O)N=O)C1c1ccc2c(c1)CCO2. The highest BCUT2D eigenvalue weighted by Gasteiger charge is 2.50. The molecule has 0 saturated heterocycles. The zero-order valence-corrected chi connectivity index (χ0v) is 20.7. The van der Waals surface area contributed by atoms with E-state index in [0.717, 1.165) is 34.8 Å². The highest BCUT2D eigenvalue weighted by Crippen LogP contribution is 2.47. The van der Waals surface area contributed by atoms with E-state index in [-0.39, 0.29) is 5.91 Å². The zero-order chi connectivity index (χ0) is 25.6. The molecular weight excluding hydrogens is 484 g/mol. The standard InChI is InChI=1S/C25H28N4O6S/c1-36(33,34)29(26)20-9-5-4-8-19(20)28-23(16-10-11-21-15(14-16)12-13-35-21)22(24(30)27-32)17-6-2-3-7-18(17)25(28)31/h2-3,6-7,10-11,14,19-20,22-23H,4-5,8-9,12-13,26H2,1H3. The van der Waals surface area contributed by atoms with Crippen molar-refractivity contribution < 1.29 is 22.7 Å². The van der Waals surface area contributed by atoms with Crippen LogP contribution in [0.15, 0.2) is 47.6 Å². The summed E-state index contributed by atoms with van der Waals surface area (Å²) in [4.78, 5) is 40.4. The van der Waals surface area contributed by atoms with Gasteiger partial charge in [-0.15, -0.1) is 9.32 Å². The van der Waals surface area contributed by atoms with E-state index in [4.69, 9.17) is 10.6 Å². The lowest BCUT2D eigenvalue weighted by molar-refractivity contribution is -0.121. The first kappa shape index (κ1) is 24.5. The molecule has 0 radical (unpaired) electrons. The van der Waals surface area contributed by atoms with E-state index in [9.17, 15) is 22.9 Å². The summed E-state index contributed by atoms with van der Waals surface area (Å²) in [5, 5.41) is 2.77. The second-order valence-electron chi connectivity index (χ2n) is 9.63. The molecule has 0 spiro atoms. The number of nitroso groups, excluding NO2 is 1. The van der Waals surface area contributed by atoms with Gasteiger partial charge in [0.25, 0.3) is 11.8 Å². The number of nitrogens with two attached hydrogens (primary N) is 1. The quantitative estimate of drug-likeness (QED) is 0.369. The van der Waals surface area contributed by atoms with Crippen LogP contribution in [0.4, 0.5) is 0 Å². The lowest BCUT2D eigenvalue weighted by atomic mass is 9.76. The largest absolute Gasteiger partial charge is 0.493 e. The lowest BCUT2D eigenvalue weighted by Crippen LogP contribution is -2.61. The van der Waals surface area contributed by atoms with Gasteiger partial charge in [-0.1, -0.05) is 37.1 Å². The van der Waals surface area contributed by atoms with Gasteiger partial charge in [0.15, 0.2) is 0 Å². The van der Waals surface area contributed by atoms with Gasteiger partial charge in [0.2, 0.25) is 10.0 Å². The van der Waals surface area contributed by atoms with Gasteiger partial charge in [0.05, 0.1) is 36.9 Å². The van der Waals surface area contributed by atoms with E-state index in [1.54, 1.807) is 41.3 Å². The third-order valence-electron chi connectivity index (χ3n) is 7.55. The molecule has 3 aliphatic rings. The highest BCUT2D eigenvalue weighted by atomic mass is 32.2. The van der Waals surface area contributed by atoms with Crippen LogP contribution in [0.25, 0.3) is 0 Å². The Labute approximate surface area is 209 Å². The molecule has 2 heterocycles. The molecule has 190 valence electrons. The second kappa shape index (κ2) is 9.38. The third-order valence-corrected chi connectivity index (χ3v) is 8.58. The van der Waals surface area contributed by atoms with Crippen molar-refractivity contribution in [2.75, 3.05) is 12.9 Å². The predicted molar refractivity (Wildman–Crippen MR) is 131 cm³/mol. The molecule has 4 atom stereocenters. The number of rotatable bonds is 5. The average Bonchev–Trinajstić information content (AvgIpc) is 3.35. The van der Waals surface area contributed by atoms with Gasteiger partial charge in [0, 0.05) is 17.2 Å². The minimum atomic E-state index is -3.76. The zero-order valence-electron chi connectivity index (χ0n) is 19.9. The van der Waals surface area contributed by atoms with Crippen LogP contribution in [0.5, 0.6) is 5.75 Å². The average molecular weight is 513 g/mol. The van der Waals surface area contributed by atoms with E-state index in [0.29, 0.717) is 42.6 Å². The van der Waals surface area contributed by atoms with E-state index in [1.807, 2.05) is 6.07 Å². The van der Waals surface area contributed by atoms with Gasteiger partial charge in [-0.2, -0.15) is 0 Å². The lowest BCUT2D eigenvalue weighted by Gasteiger charge is -2.49. The molecule has 4 unspecified atom stereocenters. The van der Waals surface area contributed by atoms with Gasteiger partial charge in [-0.3, -0.25) is 15.4 Å². The first-order chi connectivity index (χ1) is 17.2. The van der Waals surface area contributed by atoms with Crippen LogP contribution in [-0.2, 0) is 21.2 Å².